The second-order valence-corrected chi connectivity index (χ2v) is 9.33. The molecule has 0 aliphatic carbocycles. The van der Waals surface area contributed by atoms with Crippen LogP contribution in [-0.4, -0.2) is 54.7 Å². The minimum Gasteiger partial charge on any atom is -0.457 e. The van der Waals surface area contributed by atoms with Gasteiger partial charge < -0.3 is 19.3 Å². The average Bonchev–Trinajstić information content (AvgIpc) is 3.46. The molecule has 0 N–H and O–H groups in total. The monoisotopic (exact) mass is 545 g/mol. The van der Waals surface area contributed by atoms with Crippen LogP contribution in [-0.2, 0) is 10.9 Å². The third kappa shape index (κ3) is 5.50. The molecule has 1 unspecified atom stereocenters. The molecule has 198 valence electrons. The van der Waals surface area contributed by atoms with Gasteiger partial charge in [-0.25, -0.2) is 9.59 Å². The summed E-state index contributed by atoms with van der Waals surface area (Å²) < 4.78 is 51.1. The second kappa shape index (κ2) is 10.4. The largest absolute Gasteiger partial charge is 0.457 e. The number of urea groups is 1. The Bertz CT molecular complexity index is 1320. The van der Waals surface area contributed by atoms with Crippen molar-refractivity contribution in [1.82, 2.24) is 9.80 Å². The van der Waals surface area contributed by atoms with Crippen LogP contribution < -0.4 is 9.64 Å². The fraction of sp³-hybridized carbons (Fsp3) is 0.259. The zero-order valence-electron chi connectivity index (χ0n) is 20.0. The topological polar surface area (TPSA) is 62.3 Å². The zero-order valence-corrected chi connectivity index (χ0v) is 20.8. The number of carbonyl (C=O) groups is 2. The number of benzene rings is 3. The lowest BCUT2D eigenvalue weighted by Crippen LogP contribution is -2.38. The van der Waals surface area contributed by atoms with Gasteiger partial charge in [0.25, 0.3) is 0 Å². The van der Waals surface area contributed by atoms with Crippen LogP contribution in [0.1, 0.15) is 17.2 Å². The summed E-state index contributed by atoms with van der Waals surface area (Å²) in [5, 5.41) is 0.576. The molecule has 3 aromatic rings. The molecule has 0 spiro atoms. The lowest BCUT2D eigenvalue weighted by molar-refractivity contribution is -0.137. The molecule has 3 aromatic carbocycles. The van der Waals surface area contributed by atoms with Crippen LogP contribution in [0.2, 0.25) is 5.02 Å². The Morgan fingerprint density at radius 2 is 1.58 bits per heavy atom. The summed E-state index contributed by atoms with van der Waals surface area (Å²) in [5.41, 5.74) is 0.0778. The number of amides is 3. The van der Waals surface area contributed by atoms with Crippen molar-refractivity contribution in [3.8, 4) is 11.5 Å². The Labute approximate surface area is 221 Å². The normalized spacial score (nSPS) is 17.8. The zero-order chi connectivity index (χ0) is 26.9. The molecule has 2 fully saturated rings. The molecule has 7 nitrogen and oxygen atoms in total. The molecule has 38 heavy (non-hydrogen) atoms. The molecule has 2 aliphatic heterocycles. The van der Waals surface area contributed by atoms with Crippen LogP contribution in [0.3, 0.4) is 0 Å². The minimum absolute atomic E-state index is 0.159. The van der Waals surface area contributed by atoms with E-state index in [4.69, 9.17) is 21.1 Å². The van der Waals surface area contributed by atoms with E-state index in [1.54, 1.807) is 54.6 Å². The molecule has 2 aliphatic rings. The summed E-state index contributed by atoms with van der Waals surface area (Å²) in [6, 6.07) is 17.5. The van der Waals surface area contributed by atoms with Gasteiger partial charge in [-0.15, -0.1) is 0 Å². The van der Waals surface area contributed by atoms with Gasteiger partial charge in [0.05, 0.1) is 18.2 Å². The summed E-state index contributed by atoms with van der Waals surface area (Å²) >= 11 is 5.91. The van der Waals surface area contributed by atoms with Crippen molar-refractivity contribution in [3.63, 3.8) is 0 Å². The number of rotatable bonds is 7. The van der Waals surface area contributed by atoms with Crippen molar-refractivity contribution in [2.75, 3.05) is 37.7 Å². The van der Waals surface area contributed by atoms with Gasteiger partial charge in [-0.1, -0.05) is 23.7 Å². The Morgan fingerprint density at radius 1 is 0.921 bits per heavy atom. The molecular weight excluding hydrogens is 523 g/mol. The Balaban J connectivity index is 1.40. The molecule has 2 saturated heterocycles. The third-order valence-electron chi connectivity index (χ3n) is 6.43. The maximum atomic E-state index is 13.5. The number of hydrogen-bond donors (Lipinski definition) is 0. The first-order chi connectivity index (χ1) is 18.2. The van der Waals surface area contributed by atoms with Crippen LogP contribution in [0, 0.1) is 0 Å². The van der Waals surface area contributed by atoms with Crippen LogP contribution in [0.5, 0.6) is 11.5 Å². The number of nitrogens with zero attached hydrogens (tertiary/aromatic N) is 3. The van der Waals surface area contributed by atoms with Gasteiger partial charge in [-0.2, -0.15) is 13.2 Å². The maximum Gasteiger partial charge on any atom is 0.416 e. The van der Waals surface area contributed by atoms with Crippen molar-refractivity contribution in [3.05, 3.63) is 88.9 Å². The molecule has 1 atom stereocenters. The van der Waals surface area contributed by atoms with Gasteiger partial charge in [-0.05, 0) is 66.2 Å². The standard InChI is InChI=1S/C27H23ClF3N3O4/c28-20-4-8-22(9-5-20)38-23-10-6-21(7-11-23)34-24(18-2-1-3-19(16-18)27(29,30)31)17-33(25(34)35)13-12-32-14-15-37-26(32)36/h1-11,16,24H,12-15,17H2. The van der Waals surface area contributed by atoms with E-state index in [-0.39, 0.29) is 32.3 Å². The Hall–Kier alpha value is -3.92. The van der Waals surface area contributed by atoms with E-state index in [1.807, 2.05) is 0 Å². The molecule has 3 amide bonds. The van der Waals surface area contributed by atoms with Crippen molar-refractivity contribution in [2.24, 2.45) is 0 Å². The van der Waals surface area contributed by atoms with E-state index in [0.29, 0.717) is 34.3 Å². The highest BCUT2D eigenvalue weighted by atomic mass is 35.5. The summed E-state index contributed by atoms with van der Waals surface area (Å²) in [6.45, 7) is 1.36. The third-order valence-corrected chi connectivity index (χ3v) is 6.68. The predicted molar refractivity (Wildman–Crippen MR) is 135 cm³/mol. The van der Waals surface area contributed by atoms with E-state index < -0.39 is 23.9 Å². The molecule has 0 radical (unpaired) electrons. The first kappa shape index (κ1) is 25.7. The fourth-order valence-electron chi connectivity index (χ4n) is 4.49. The first-order valence-electron chi connectivity index (χ1n) is 11.9. The number of ether oxygens (including phenoxy) is 2. The summed E-state index contributed by atoms with van der Waals surface area (Å²) in [4.78, 5) is 29.8. The first-order valence-corrected chi connectivity index (χ1v) is 12.3. The number of cyclic esters (lactones) is 1. The number of anilines is 1. The van der Waals surface area contributed by atoms with Gasteiger partial charge in [0.2, 0.25) is 0 Å². The Morgan fingerprint density at radius 3 is 2.21 bits per heavy atom. The molecule has 0 aromatic heterocycles. The van der Waals surface area contributed by atoms with Gasteiger partial charge in [0.15, 0.2) is 0 Å². The highest BCUT2D eigenvalue weighted by Crippen LogP contribution is 2.38. The highest BCUT2D eigenvalue weighted by Gasteiger charge is 2.40. The summed E-state index contributed by atoms with van der Waals surface area (Å²) in [5.74, 6) is 1.09. The van der Waals surface area contributed by atoms with Crippen LogP contribution in [0.4, 0.5) is 28.4 Å². The van der Waals surface area contributed by atoms with E-state index in [0.717, 1.165) is 12.1 Å². The van der Waals surface area contributed by atoms with Crippen LogP contribution >= 0.6 is 11.6 Å². The number of alkyl halides is 3. The quantitative estimate of drug-likeness (QED) is 0.336. The van der Waals surface area contributed by atoms with E-state index in [2.05, 4.69) is 0 Å². The fourth-order valence-corrected chi connectivity index (χ4v) is 4.62. The lowest BCUT2D eigenvalue weighted by atomic mass is 10.0. The van der Waals surface area contributed by atoms with Crippen molar-refractivity contribution >= 4 is 29.4 Å². The van der Waals surface area contributed by atoms with Gasteiger partial charge in [0, 0.05) is 30.3 Å². The lowest BCUT2D eigenvalue weighted by Gasteiger charge is -2.24. The molecule has 11 heteroatoms. The molecule has 2 heterocycles. The SMILES string of the molecule is O=C1OCCN1CCN1CC(c2cccc(C(F)(F)F)c2)N(c2ccc(Oc3ccc(Cl)cc3)cc2)C1=O. The molecule has 0 bridgehead atoms. The predicted octanol–water partition coefficient (Wildman–Crippen LogP) is 6.59. The van der Waals surface area contributed by atoms with E-state index in [1.165, 1.54) is 20.8 Å². The number of halogens is 4. The maximum absolute atomic E-state index is 13.5. The minimum atomic E-state index is -4.51. The summed E-state index contributed by atoms with van der Waals surface area (Å²) in [7, 11) is 0. The highest BCUT2D eigenvalue weighted by molar-refractivity contribution is 6.30. The number of carbonyl (C=O) groups excluding carboxylic acids is 2. The van der Waals surface area contributed by atoms with Crippen LogP contribution in [0.15, 0.2) is 72.8 Å². The molecule has 0 saturated carbocycles. The molecular formula is C27H23ClF3N3O4. The van der Waals surface area contributed by atoms with Gasteiger partial charge in [0.1, 0.15) is 18.1 Å². The van der Waals surface area contributed by atoms with Crippen molar-refractivity contribution in [2.45, 2.75) is 12.2 Å². The van der Waals surface area contributed by atoms with Crippen molar-refractivity contribution < 1.29 is 32.2 Å². The van der Waals surface area contributed by atoms with Gasteiger partial charge in [-0.3, -0.25) is 4.90 Å². The van der Waals surface area contributed by atoms with Crippen molar-refractivity contribution in [1.29, 1.82) is 0 Å². The van der Waals surface area contributed by atoms with E-state index in [9.17, 15) is 22.8 Å². The smallest absolute Gasteiger partial charge is 0.416 e. The average molecular weight is 546 g/mol. The number of hydrogen-bond acceptors (Lipinski definition) is 4. The molecule has 5 rings (SSSR count). The summed E-state index contributed by atoms with van der Waals surface area (Å²) in [6.07, 6.45) is -4.96. The van der Waals surface area contributed by atoms with Crippen LogP contribution in [0.25, 0.3) is 0 Å². The second-order valence-electron chi connectivity index (χ2n) is 8.89. The van der Waals surface area contributed by atoms with E-state index >= 15 is 0 Å². The Kier molecular flexibility index (Phi) is 7.07. The van der Waals surface area contributed by atoms with Gasteiger partial charge >= 0.3 is 18.3 Å².